The van der Waals surface area contributed by atoms with Gasteiger partial charge in [-0.05, 0) is 31.2 Å². The van der Waals surface area contributed by atoms with Gasteiger partial charge in [-0.15, -0.1) is 0 Å². The molecule has 0 unspecified atom stereocenters. The Morgan fingerprint density at radius 3 is 2.94 bits per heavy atom. The van der Waals surface area contributed by atoms with Gasteiger partial charge in [-0.3, -0.25) is 0 Å². The van der Waals surface area contributed by atoms with Gasteiger partial charge in [0.2, 0.25) is 0 Å². The van der Waals surface area contributed by atoms with Gasteiger partial charge in [0.05, 0.1) is 17.1 Å². The molecule has 1 aromatic heterocycles. The third-order valence-electron chi connectivity index (χ3n) is 2.36. The first-order chi connectivity index (χ1) is 8.20. The molecule has 0 saturated carbocycles. The molecule has 17 heavy (non-hydrogen) atoms. The zero-order valence-electron chi connectivity index (χ0n) is 9.83. The Morgan fingerprint density at radius 1 is 1.41 bits per heavy atom. The van der Waals surface area contributed by atoms with E-state index in [-0.39, 0.29) is 0 Å². The van der Waals surface area contributed by atoms with E-state index in [2.05, 4.69) is 15.5 Å². The first-order valence-corrected chi connectivity index (χ1v) is 5.88. The van der Waals surface area contributed by atoms with Crippen molar-refractivity contribution in [2.75, 3.05) is 6.54 Å². The summed E-state index contributed by atoms with van der Waals surface area (Å²) in [5.41, 5.74) is 1.87. The lowest BCUT2D eigenvalue weighted by atomic mass is 10.1. The predicted octanol–water partition coefficient (Wildman–Crippen LogP) is 2.81. The van der Waals surface area contributed by atoms with Gasteiger partial charge in [0, 0.05) is 0 Å². The summed E-state index contributed by atoms with van der Waals surface area (Å²) >= 11 is 6.13. The maximum absolute atomic E-state index is 6.13. The molecule has 0 spiro atoms. The molecule has 0 atom stereocenters. The first-order valence-electron chi connectivity index (χ1n) is 5.50. The van der Waals surface area contributed by atoms with E-state index >= 15 is 0 Å². The Kier molecular flexibility index (Phi) is 3.76. The topological polar surface area (TPSA) is 51.0 Å². The van der Waals surface area contributed by atoms with Gasteiger partial charge < -0.3 is 9.84 Å². The maximum Gasteiger partial charge on any atom is 0.259 e. The van der Waals surface area contributed by atoms with Crippen LogP contribution in [0, 0.1) is 6.92 Å². The molecule has 2 aromatic rings. The Labute approximate surface area is 105 Å². The van der Waals surface area contributed by atoms with Crippen molar-refractivity contribution in [3.8, 4) is 11.5 Å². The summed E-state index contributed by atoms with van der Waals surface area (Å²) in [7, 11) is 0. The number of benzene rings is 1. The molecule has 0 amide bonds. The normalized spacial score (nSPS) is 10.8. The van der Waals surface area contributed by atoms with E-state index in [0.29, 0.717) is 23.3 Å². The number of rotatable bonds is 4. The van der Waals surface area contributed by atoms with Crippen LogP contribution in [-0.2, 0) is 6.54 Å². The van der Waals surface area contributed by atoms with Gasteiger partial charge in [0.1, 0.15) is 0 Å². The highest BCUT2D eigenvalue weighted by Crippen LogP contribution is 2.27. The van der Waals surface area contributed by atoms with E-state index < -0.39 is 0 Å². The fraction of sp³-hybridized carbons (Fsp3) is 0.333. The molecular weight excluding hydrogens is 238 g/mol. The number of nitrogens with zero attached hydrogens (tertiary/aromatic N) is 2. The first kappa shape index (κ1) is 12.1. The van der Waals surface area contributed by atoms with Crippen LogP contribution >= 0.6 is 11.6 Å². The largest absolute Gasteiger partial charge is 0.334 e. The molecule has 0 bridgehead atoms. The van der Waals surface area contributed by atoms with E-state index in [1.165, 1.54) is 0 Å². The van der Waals surface area contributed by atoms with E-state index in [1.807, 2.05) is 32.0 Å². The predicted molar refractivity (Wildman–Crippen MR) is 66.9 cm³/mol. The van der Waals surface area contributed by atoms with Crippen molar-refractivity contribution in [1.29, 1.82) is 0 Å². The summed E-state index contributed by atoms with van der Waals surface area (Å²) in [6.07, 6.45) is 0. The maximum atomic E-state index is 6.13. The van der Waals surface area contributed by atoms with Crippen molar-refractivity contribution in [2.24, 2.45) is 0 Å². The van der Waals surface area contributed by atoms with Gasteiger partial charge in [0.25, 0.3) is 5.89 Å². The molecule has 2 rings (SSSR count). The summed E-state index contributed by atoms with van der Waals surface area (Å²) in [5.74, 6) is 1.10. The van der Waals surface area contributed by atoms with Crippen LogP contribution in [0.2, 0.25) is 5.02 Å². The van der Waals surface area contributed by atoms with Gasteiger partial charge in [-0.1, -0.05) is 29.7 Å². The fourth-order valence-electron chi connectivity index (χ4n) is 1.47. The molecule has 0 radical (unpaired) electrons. The number of aryl methyl sites for hydroxylation is 1. The third-order valence-corrected chi connectivity index (χ3v) is 2.67. The Bertz CT molecular complexity index is 510. The van der Waals surface area contributed by atoms with Crippen LogP contribution < -0.4 is 5.32 Å². The Morgan fingerprint density at radius 2 is 2.24 bits per heavy atom. The van der Waals surface area contributed by atoms with E-state index in [4.69, 9.17) is 16.1 Å². The van der Waals surface area contributed by atoms with Crippen molar-refractivity contribution < 1.29 is 4.52 Å². The quantitative estimate of drug-likeness (QED) is 0.908. The standard InChI is InChI=1S/C12H14ClN3O/c1-3-14-7-11-15-12(17-16-11)9-5-4-8(2)6-10(9)13/h4-6,14H,3,7H2,1-2H3. The zero-order chi connectivity index (χ0) is 12.3. The average molecular weight is 252 g/mol. The second-order valence-electron chi connectivity index (χ2n) is 3.78. The summed E-state index contributed by atoms with van der Waals surface area (Å²) in [5, 5.41) is 7.65. The van der Waals surface area contributed by atoms with Crippen molar-refractivity contribution >= 4 is 11.6 Å². The molecule has 5 heteroatoms. The minimum absolute atomic E-state index is 0.461. The molecule has 4 nitrogen and oxygen atoms in total. The molecule has 1 heterocycles. The van der Waals surface area contributed by atoms with Gasteiger partial charge in [-0.25, -0.2) is 0 Å². The fourth-order valence-corrected chi connectivity index (χ4v) is 1.78. The zero-order valence-corrected chi connectivity index (χ0v) is 10.6. The Balaban J connectivity index is 2.24. The smallest absolute Gasteiger partial charge is 0.259 e. The van der Waals surface area contributed by atoms with E-state index in [0.717, 1.165) is 17.7 Å². The van der Waals surface area contributed by atoms with Crippen molar-refractivity contribution in [3.05, 3.63) is 34.6 Å². The van der Waals surface area contributed by atoms with Crippen LogP contribution in [0.1, 0.15) is 18.3 Å². The molecular formula is C12H14ClN3O. The van der Waals surface area contributed by atoms with Crippen molar-refractivity contribution in [3.63, 3.8) is 0 Å². The van der Waals surface area contributed by atoms with Gasteiger partial charge in [0.15, 0.2) is 5.82 Å². The van der Waals surface area contributed by atoms with Crippen molar-refractivity contribution in [1.82, 2.24) is 15.5 Å². The second-order valence-corrected chi connectivity index (χ2v) is 4.19. The molecule has 1 aromatic carbocycles. The minimum atomic E-state index is 0.461. The van der Waals surface area contributed by atoms with Crippen LogP contribution in [-0.4, -0.2) is 16.7 Å². The van der Waals surface area contributed by atoms with E-state index in [9.17, 15) is 0 Å². The lowest BCUT2D eigenvalue weighted by Gasteiger charge is -1.99. The molecule has 0 saturated heterocycles. The van der Waals surface area contributed by atoms with Crippen molar-refractivity contribution in [2.45, 2.75) is 20.4 Å². The molecule has 0 aliphatic heterocycles. The molecule has 0 aliphatic rings. The lowest BCUT2D eigenvalue weighted by Crippen LogP contribution is -2.12. The summed E-state index contributed by atoms with van der Waals surface area (Å²) < 4.78 is 5.18. The third kappa shape index (κ3) is 2.84. The highest BCUT2D eigenvalue weighted by Gasteiger charge is 2.11. The van der Waals surface area contributed by atoms with E-state index in [1.54, 1.807) is 0 Å². The lowest BCUT2D eigenvalue weighted by molar-refractivity contribution is 0.420. The highest BCUT2D eigenvalue weighted by molar-refractivity contribution is 6.33. The average Bonchev–Trinajstić information content (AvgIpc) is 2.75. The summed E-state index contributed by atoms with van der Waals surface area (Å²) in [6.45, 7) is 5.48. The van der Waals surface area contributed by atoms with Crippen LogP contribution in [0.25, 0.3) is 11.5 Å². The van der Waals surface area contributed by atoms with Crippen LogP contribution in [0.5, 0.6) is 0 Å². The highest BCUT2D eigenvalue weighted by atomic mass is 35.5. The van der Waals surface area contributed by atoms with Gasteiger partial charge >= 0.3 is 0 Å². The monoisotopic (exact) mass is 251 g/mol. The van der Waals surface area contributed by atoms with Crippen LogP contribution in [0.15, 0.2) is 22.7 Å². The SMILES string of the molecule is CCNCc1noc(-c2ccc(C)cc2Cl)n1. The number of halogens is 1. The molecule has 0 fully saturated rings. The second kappa shape index (κ2) is 5.29. The number of aromatic nitrogens is 2. The molecule has 1 N–H and O–H groups in total. The summed E-state index contributed by atoms with van der Waals surface area (Å²) in [4.78, 5) is 4.28. The van der Waals surface area contributed by atoms with Gasteiger partial charge in [-0.2, -0.15) is 4.98 Å². The number of hydrogen-bond donors (Lipinski definition) is 1. The van der Waals surface area contributed by atoms with Crippen LogP contribution in [0.4, 0.5) is 0 Å². The minimum Gasteiger partial charge on any atom is -0.334 e. The Hall–Kier alpha value is -1.39. The molecule has 0 aliphatic carbocycles. The number of hydrogen-bond acceptors (Lipinski definition) is 4. The van der Waals surface area contributed by atoms with Crippen LogP contribution in [0.3, 0.4) is 0 Å². The molecule has 90 valence electrons. The number of nitrogens with one attached hydrogen (secondary N) is 1. The summed E-state index contributed by atoms with van der Waals surface area (Å²) in [6, 6.07) is 5.74.